The van der Waals surface area contributed by atoms with Crippen molar-refractivity contribution in [2.45, 2.75) is 58.5 Å². The van der Waals surface area contributed by atoms with Crippen LogP contribution in [-0.2, 0) is 4.79 Å². The largest absolute Gasteiger partial charge is 0.493 e. The Bertz CT molecular complexity index is 755. The number of hydrogen-bond donors (Lipinski definition) is 0. The zero-order valence-corrected chi connectivity index (χ0v) is 17.7. The van der Waals surface area contributed by atoms with Crippen molar-refractivity contribution in [2.75, 3.05) is 13.7 Å². The smallest absolute Gasteiger partial charge is 0.293 e. The molecule has 0 aromatic heterocycles. The van der Waals surface area contributed by atoms with Crippen LogP contribution in [0.3, 0.4) is 0 Å². The second-order valence-corrected chi connectivity index (χ2v) is 8.54. The Morgan fingerprint density at radius 1 is 1.21 bits per heavy atom. The molecule has 1 heterocycles. The highest BCUT2D eigenvalue weighted by molar-refractivity contribution is 8.18. The van der Waals surface area contributed by atoms with E-state index in [1.54, 1.807) is 13.2 Å². The fourth-order valence-corrected chi connectivity index (χ4v) is 4.46. The molecule has 2 fully saturated rings. The summed E-state index contributed by atoms with van der Waals surface area (Å²) in [6.45, 7) is 4.62. The number of thioether (sulfide) groups is 1. The Hall–Kier alpha value is -1.95. The van der Waals surface area contributed by atoms with Crippen molar-refractivity contribution >= 4 is 29.0 Å². The molecule has 5 nitrogen and oxygen atoms in total. The third-order valence-corrected chi connectivity index (χ3v) is 6.34. The van der Waals surface area contributed by atoms with Crippen molar-refractivity contribution in [1.82, 2.24) is 4.90 Å². The molecular formula is C22H29NO4S. The van der Waals surface area contributed by atoms with Crippen LogP contribution in [0.1, 0.15) is 57.9 Å². The van der Waals surface area contributed by atoms with Gasteiger partial charge in [-0.3, -0.25) is 14.5 Å². The van der Waals surface area contributed by atoms with E-state index in [-0.39, 0.29) is 17.3 Å². The standard InChI is InChI=1S/C22H29NO4S/c1-4-15(2)27-18-11-10-17(12-19(18)26-3)13-20-21(24)23(22(25)28-20)14-16-8-6-5-7-9-16/h10-13,15-16H,4-9,14H2,1-3H3/b20-13+/t15-/m0/s1. The second kappa shape index (κ2) is 9.50. The van der Waals surface area contributed by atoms with Crippen molar-refractivity contribution in [1.29, 1.82) is 0 Å². The predicted molar refractivity (Wildman–Crippen MR) is 113 cm³/mol. The minimum atomic E-state index is -0.181. The number of imide groups is 1. The van der Waals surface area contributed by atoms with Gasteiger partial charge in [-0.25, -0.2) is 0 Å². The van der Waals surface area contributed by atoms with Gasteiger partial charge in [0.1, 0.15) is 0 Å². The highest BCUT2D eigenvalue weighted by atomic mass is 32.2. The van der Waals surface area contributed by atoms with Gasteiger partial charge in [0, 0.05) is 6.54 Å². The third-order valence-electron chi connectivity index (χ3n) is 5.43. The van der Waals surface area contributed by atoms with Crippen LogP contribution in [0.5, 0.6) is 11.5 Å². The van der Waals surface area contributed by atoms with E-state index in [4.69, 9.17) is 9.47 Å². The summed E-state index contributed by atoms with van der Waals surface area (Å²) in [6.07, 6.45) is 8.63. The molecule has 1 atom stereocenters. The Morgan fingerprint density at radius 3 is 2.64 bits per heavy atom. The molecule has 0 bridgehead atoms. The summed E-state index contributed by atoms with van der Waals surface area (Å²) < 4.78 is 11.3. The normalized spacial score (nSPS) is 20.7. The lowest BCUT2D eigenvalue weighted by molar-refractivity contribution is -0.123. The molecule has 1 aromatic carbocycles. The van der Waals surface area contributed by atoms with E-state index < -0.39 is 0 Å². The van der Waals surface area contributed by atoms with Crippen LogP contribution in [0.2, 0.25) is 0 Å². The summed E-state index contributed by atoms with van der Waals surface area (Å²) in [7, 11) is 1.60. The molecule has 1 saturated carbocycles. The van der Waals surface area contributed by atoms with E-state index in [1.807, 2.05) is 25.1 Å². The molecule has 1 saturated heterocycles. The second-order valence-electron chi connectivity index (χ2n) is 7.54. The van der Waals surface area contributed by atoms with E-state index in [1.165, 1.54) is 24.2 Å². The van der Waals surface area contributed by atoms with Gasteiger partial charge in [0.05, 0.1) is 18.1 Å². The first-order valence-corrected chi connectivity index (χ1v) is 10.9. The highest BCUT2D eigenvalue weighted by Gasteiger charge is 2.36. The maximum atomic E-state index is 12.8. The maximum Gasteiger partial charge on any atom is 0.293 e. The molecule has 3 rings (SSSR count). The van der Waals surface area contributed by atoms with Crippen LogP contribution in [0.4, 0.5) is 4.79 Å². The molecule has 1 aliphatic heterocycles. The van der Waals surface area contributed by atoms with E-state index >= 15 is 0 Å². The first-order chi connectivity index (χ1) is 13.5. The SMILES string of the molecule is CC[C@H](C)Oc1ccc(/C=C2/SC(=O)N(CC3CCCCC3)C2=O)cc1OC. The van der Waals surface area contributed by atoms with Gasteiger partial charge < -0.3 is 9.47 Å². The summed E-state index contributed by atoms with van der Waals surface area (Å²) in [5.41, 5.74) is 0.816. The zero-order chi connectivity index (χ0) is 20.1. The highest BCUT2D eigenvalue weighted by Crippen LogP contribution is 2.36. The van der Waals surface area contributed by atoms with Gasteiger partial charge in [-0.15, -0.1) is 0 Å². The van der Waals surface area contributed by atoms with Crippen LogP contribution in [0, 0.1) is 5.92 Å². The summed E-state index contributed by atoms with van der Waals surface area (Å²) in [6, 6.07) is 5.57. The Balaban J connectivity index is 1.73. The Morgan fingerprint density at radius 2 is 1.96 bits per heavy atom. The van der Waals surface area contributed by atoms with E-state index in [2.05, 4.69) is 6.92 Å². The van der Waals surface area contributed by atoms with Crippen LogP contribution in [0.25, 0.3) is 6.08 Å². The number of methoxy groups -OCH3 is 1. The lowest BCUT2D eigenvalue weighted by atomic mass is 9.89. The summed E-state index contributed by atoms with van der Waals surface area (Å²) >= 11 is 1.02. The van der Waals surface area contributed by atoms with Gasteiger partial charge in [0.2, 0.25) is 0 Å². The van der Waals surface area contributed by atoms with Crippen molar-refractivity contribution in [2.24, 2.45) is 5.92 Å². The summed E-state index contributed by atoms with van der Waals surface area (Å²) in [5.74, 6) is 1.56. The maximum absolute atomic E-state index is 12.8. The minimum absolute atomic E-state index is 0.0936. The van der Waals surface area contributed by atoms with Crippen molar-refractivity contribution in [3.05, 3.63) is 28.7 Å². The van der Waals surface area contributed by atoms with Crippen LogP contribution < -0.4 is 9.47 Å². The molecule has 0 N–H and O–H groups in total. The average molecular weight is 404 g/mol. The first-order valence-electron chi connectivity index (χ1n) is 10.1. The fourth-order valence-electron chi connectivity index (χ4n) is 3.61. The lowest BCUT2D eigenvalue weighted by Crippen LogP contribution is -2.34. The van der Waals surface area contributed by atoms with Gasteiger partial charge in [-0.1, -0.05) is 32.3 Å². The summed E-state index contributed by atoms with van der Waals surface area (Å²) in [4.78, 5) is 27.0. The molecule has 6 heteroatoms. The molecule has 1 aromatic rings. The van der Waals surface area contributed by atoms with Crippen molar-refractivity contribution < 1.29 is 19.1 Å². The van der Waals surface area contributed by atoms with Gasteiger partial charge in [0.25, 0.3) is 11.1 Å². The number of rotatable bonds is 7. The van der Waals surface area contributed by atoms with E-state index in [0.29, 0.717) is 28.9 Å². The van der Waals surface area contributed by atoms with Crippen LogP contribution in [-0.4, -0.2) is 35.8 Å². The number of nitrogens with zero attached hydrogens (tertiary/aromatic N) is 1. The van der Waals surface area contributed by atoms with Gasteiger partial charge in [-0.2, -0.15) is 0 Å². The Kier molecular flexibility index (Phi) is 7.05. The van der Waals surface area contributed by atoms with Crippen molar-refractivity contribution in [3.63, 3.8) is 0 Å². The quantitative estimate of drug-likeness (QED) is 0.564. The van der Waals surface area contributed by atoms with E-state index in [0.717, 1.165) is 36.6 Å². The van der Waals surface area contributed by atoms with Gasteiger partial charge in [-0.05, 0) is 67.6 Å². The number of amides is 2. The molecule has 2 amide bonds. The predicted octanol–water partition coefficient (Wildman–Crippen LogP) is 5.49. The molecule has 152 valence electrons. The van der Waals surface area contributed by atoms with E-state index in [9.17, 15) is 9.59 Å². The topological polar surface area (TPSA) is 55.8 Å². The minimum Gasteiger partial charge on any atom is -0.493 e. The monoisotopic (exact) mass is 403 g/mol. The molecule has 0 spiro atoms. The molecule has 0 unspecified atom stereocenters. The number of carbonyl (C=O) groups excluding carboxylic acids is 2. The number of hydrogen-bond acceptors (Lipinski definition) is 5. The zero-order valence-electron chi connectivity index (χ0n) is 16.9. The molecule has 2 aliphatic rings. The summed E-state index contributed by atoms with van der Waals surface area (Å²) in [5, 5.41) is -0.162. The number of ether oxygens (including phenoxy) is 2. The molecule has 1 aliphatic carbocycles. The number of benzene rings is 1. The van der Waals surface area contributed by atoms with Crippen LogP contribution in [0.15, 0.2) is 23.1 Å². The average Bonchev–Trinajstić information content (AvgIpc) is 2.97. The molecular weight excluding hydrogens is 374 g/mol. The molecule has 28 heavy (non-hydrogen) atoms. The molecule has 0 radical (unpaired) electrons. The van der Waals surface area contributed by atoms with Crippen molar-refractivity contribution in [3.8, 4) is 11.5 Å². The third kappa shape index (κ3) is 4.90. The Labute approximate surface area is 171 Å². The van der Waals surface area contributed by atoms with Crippen LogP contribution >= 0.6 is 11.8 Å². The fraction of sp³-hybridized carbons (Fsp3) is 0.545. The lowest BCUT2D eigenvalue weighted by Gasteiger charge is -2.25. The first kappa shape index (κ1) is 20.8. The van der Waals surface area contributed by atoms with Gasteiger partial charge >= 0.3 is 0 Å². The number of carbonyl (C=O) groups is 2. The van der Waals surface area contributed by atoms with Gasteiger partial charge in [0.15, 0.2) is 11.5 Å².